The van der Waals surface area contributed by atoms with Crippen LogP contribution in [0.3, 0.4) is 0 Å². The maximum absolute atomic E-state index is 5.77. The van der Waals surface area contributed by atoms with Crippen LogP contribution in [-0.2, 0) is 16.1 Å². The zero-order valence-corrected chi connectivity index (χ0v) is 15.4. The quantitative estimate of drug-likeness (QED) is 0.294. The predicted molar refractivity (Wildman–Crippen MR) is 99.7 cm³/mol. The van der Waals surface area contributed by atoms with Crippen molar-refractivity contribution < 1.29 is 14.3 Å². The maximum Gasteiger partial charge on any atom is 0.216 e. The first-order chi connectivity index (χ1) is 12.3. The highest BCUT2D eigenvalue weighted by Crippen LogP contribution is 2.19. The van der Waals surface area contributed by atoms with Crippen LogP contribution in [-0.4, -0.2) is 38.9 Å². The number of ether oxygens (including phenoxy) is 2. The zero-order valence-electron chi connectivity index (χ0n) is 15.4. The van der Waals surface area contributed by atoms with E-state index < -0.39 is 0 Å². The van der Waals surface area contributed by atoms with Crippen LogP contribution in [0.5, 0.6) is 5.75 Å². The third kappa shape index (κ3) is 7.75. The molecular weight excluding hydrogens is 318 g/mol. The number of hydrogen-bond acceptors (Lipinski definition) is 4. The molecule has 6 nitrogen and oxygen atoms in total. The van der Waals surface area contributed by atoms with E-state index in [9.17, 15) is 0 Å². The largest absolute Gasteiger partial charge is 0.497 e. The van der Waals surface area contributed by atoms with Crippen LogP contribution in [0.25, 0.3) is 0 Å². The smallest absolute Gasteiger partial charge is 0.216 e. The Morgan fingerprint density at radius 1 is 1.20 bits per heavy atom. The SMILES string of the molecule is CCOCCCNC(=NCc1ccc(OC)cc1)NOC1CCCC1. The standard InChI is InChI=1S/C19H31N3O3/c1-3-24-14-6-13-20-19(22-25-18-7-4-5-8-18)21-15-16-9-11-17(23-2)12-10-16/h9-12,18H,3-8,13-15H2,1-2H3,(H2,20,21,22). The van der Waals surface area contributed by atoms with Crippen molar-refractivity contribution in [1.82, 2.24) is 10.8 Å². The van der Waals surface area contributed by atoms with Gasteiger partial charge in [0.05, 0.1) is 19.8 Å². The van der Waals surface area contributed by atoms with Crippen molar-refractivity contribution in [2.45, 2.75) is 51.7 Å². The summed E-state index contributed by atoms with van der Waals surface area (Å²) in [4.78, 5) is 10.4. The number of guanidine groups is 1. The lowest BCUT2D eigenvalue weighted by atomic mass is 10.2. The van der Waals surface area contributed by atoms with Crippen molar-refractivity contribution in [1.29, 1.82) is 0 Å². The molecule has 2 rings (SSSR count). The summed E-state index contributed by atoms with van der Waals surface area (Å²) in [7, 11) is 1.67. The number of benzene rings is 1. The van der Waals surface area contributed by atoms with Gasteiger partial charge in [0.1, 0.15) is 5.75 Å². The molecule has 1 saturated carbocycles. The highest BCUT2D eigenvalue weighted by atomic mass is 16.7. The van der Waals surface area contributed by atoms with Gasteiger partial charge in [-0.3, -0.25) is 4.84 Å². The van der Waals surface area contributed by atoms with Gasteiger partial charge in [-0.25, -0.2) is 10.5 Å². The van der Waals surface area contributed by atoms with Gasteiger partial charge in [0.15, 0.2) is 0 Å². The van der Waals surface area contributed by atoms with Gasteiger partial charge in [0.25, 0.3) is 0 Å². The van der Waals surface area contributed by atoms with E-state index in [0.717, 1.165) is 50.3 Å². The van der Waals surface area contributed by atoms with Crippen molar-refractivity contribution in [3.8, 4) is 5.75 Å². The molecule has 0 saturated heterocycles. The summed E-state index contributed by atoms with van der Waals surface area (Å²) in [6.45, 7) is 4.88. The summed E-state index contributed by atoms with van der Waals surface area (Å²) in [5, 5.41) is 3.30. The average Bonchev–Trinajstić information content (AvgIpc) is 3.17. The van der Waals surface area contributed by atoms with Gasteiger partial charge in [-0.1, -0.05) is 25.0 Å². The van der Waals surface area contributed by atoms with Gasteiger partial charge >= 0.3 is 0 Å². The Bertz CT molecular complexity index is 499. The molecule has 0 atom stereocenters. The Morgan fingerprint density at radius 2 is 1.96 bits per heavy atom. The van der Waals surface area contributed by atoms with Gasteiger partial charge < -0.3 is 14.8 Å². The molecular formula is C19H31N3O3. The number of nitrogens with zero attached hydrogens (tertiary/aromatic N) is 1. The lowest BCUT2D eigenvalue weighted by Gasteiger charge is -2.16. The van der Waals surface area contributed by atoms with Crippen LogP contribution < -0.4 is 15.5 Å². The van der Waals surface area contributed by atoms with E-state index in [2.05, 4.69) is 15.8 Å². The highest BCUT2D eigenvalue weighted by molar-refractivity contribution is 5.78. The van der Waals surface area contributed by atoms with Crippen LogP contribution >= 0.6 is 0 Å². The fourth-order valence-electron chi connectivity index (χ4n) is 2.70. The molecule has 1 aromatic rings. The second kappa shape index (κ2) is 11.7. The lowest BCUT2D eigenvalue weighted by molar-refractivity contribution is 0.0129. The molecule has 25 heavy (non-hydrogen) atoms. The van der Waals surface area contributed by atoms with Crippen LogP contribution in [0.1, 0.15) is 44.6 Å². The lowest BCUT2D eigenvalue weighted by Crippen LogP contribution is -2.40. The van der Waals surface area contributed by atoms with Gasteiger partial charge in [0.2, 0.25) is 5.96 Å². The normalized spacial score (nSPS) is 15.4. The van der Waals surface area contributed by atoms with Crippen LogP contribution in [0, 0.1) is 0 Å². The number of nitrogens with one attached hydrogen (secondary N) is 2. The molecule has 6 heteroatoms. The second-order valence-corrected chi connectivity index (χ2v) is 6.12. The summed E-state index contributed by atoms with van der Waals surface area (Å²) in [6.07, 6.45) is 5.93. The molecule has 0 amide bonds. The van der Waals surface area contributed by atoms with E-state index in [0.29, 0.717) is 12.5 Å². The maximum atomic E-state index is 5.77. The molecule has 0 unspecified atom stereocenters. The van der Waals surface area contributed by atoms with Crippen molar-refractivity contribution in [2.24, 2.45) is 4.99 Å². The Hall–Kier alpha value is -1.79. The molecule has 0 aromatic heterocycles. The van der Waals surface area contributed by atoms with E-state index in [-0.39, 0.29) is 6.10 Å². The summed E-state index contributed by atoms with van der Waals surface area (Å²) in [5.74, 6) is 1.53. The first-order valence-electron chi connectivity index (χ1n) is 9.22. The third-order valence-electron chi connectivity index (χ3n) is 4.17. The molecule has 140 valence electrons. The van der Waals surface area contributed by atoms with Gasteiger partial charge in [-0.15, -0.1) is 0 Å². The van der Waals surface area contributed by atoms with Crippen LogP contribution in [0.4, 0.5) is 0 Å². The Kier molecular flexibility index (Phi) is 9.15. The molecule has 0 bridgehead atoms. The zero-order chi connectivity index (χ0) is 17.7. The summed E-state index contributed by atoms with van der Waals surface area (Å²) in [6, 6.07) is 7.94. The fraction of sp³-hybridized carbons (Fsp3) is 0.632. The van der Waals surface area contributed by atoms with Gasteiger partial charge in [0, 0.05) is 19.8 Å². The Morgan fingerprint density at radius 3 is 2.64 bits per heavy atom. The molecule has 0 heterocycles. The van der Waals surface area contributed by atoms with E-state index in [1.165, 1.54) is 12.8 Å². The molecule has 2 N–H and O–H groups in total. The minimum absolute atomic E-state index is 0.288. The highest BCUT2D eigenvalue weighted by Gasteiger charge is 2.16. The first kappa shape index (κ1) is 19.5. The molecule has 1 aliphatic rings. The number of methoxy groups -OCH3 is 1. The molecule has 0 aliphatic heterocycles. The summed E-state index contributed by atoms with van der Waals surface area (Å²) in [5.41, 5.74) is 4.14. The number of hydrogen-bond donors (Lipinski definition) is 2. The Labute approximate surface area is 150 Å². The van der Waals surface area contributed by atoms with Crippen molar-refractivity contribution in [2.75, 3.05) is 26.9 Å². The third-order valence-corrected chi connectivity index (χ3v) is 4.17. The summed E-state index contributed by atoms with van der Waals surface area (Å²) < 4.78 is 10.5. The van der Waals surface area contributed by atoms with Crippen molar-refractivity contribution in [3.63, 3.8) is 0 Å². The predicted octanol–water partition coefficient (Wildman–Crippen LogP) is 3.03. The monoisotopic (exact) mass is 349 g/mol. The number of hydroxylamine groups is 1. The average molecular weight is 349 g/mol. The van der Waals surface area contributed by atoms with E-state index >= 15 is 0 Å². The first-order valence-corrected chi connectivity index (χ1v) is 9.22. The fourth-order valence-corrected chi connectivity index (χ4v) is 2.70. The van der Waals surface area contributed by atoms with E-state index in [4.69, 9.17) is 14.3 Å². The van der Waals surface area contributed by atoms with Gasteiger partial charge in [-0.05, 0) is 43.9 Å². The van der Waals surface area contributed by atoms with Crippen LogP contribution in [0.15, 0.2) is 29.3 Å². The minimum Gasteiger partial charge on any atom is -0.497 e. The minimum atomic E-state index is 0.288. The molecule has 0 radical (unpaired) electrons. The van der Waals surface area contributed by atoms with Crippen molar-refractivity contribution in [3.05, 3.63) is 29.8 Å². The molecule has 1 fully saturated rings. The van der Waals surface area contributed by atoms with Crippen LogP contribution in [0.2, 0.25) is 0 Å². The Balaban J connectivity index is 1.83. The second-order valence-electron chi connectivity index (χ2n) is 6.12. The molecule has 0 spiro atoms. The molecule has 1 aliphatic carbocycles. The topological polar surface area (TPSA) is 64.1 Å². The number of rotatable bonds is 10. The van der Waals surface area contributed by atoms with E-state index in [1.807, 2.05) is 31.2 Å². The van der Waals surface area contributed by atoms with Crippen molar-refractivity contribution >= 4 is 5.96 Å². The summed E-state index contributed by atoms with van der Waals surface area (Å²) >= 11 is 0. The van der Waals surface area contributed by atoms with Gasteiger partial charge in [-0.2, -0.15) is 0 Å². The van der Waals surface area contributed by atoms with E-state index in [1.54, 1.807) is 7.11 Å². The molecule has 1 aromatic carbocycles. The number of aliphatic imine (C=N–C) groups is 1.